The minimum atomic E-state index is -0.0551. The molecule has 4 heteroatoms. The molecule has 1 amide bonds. The molecular weight excluding hydrogens is 228 g/mol. The third-order valence-corrected chi connectivity index (χ3v) is 3.56. The van der Waals surface area contributed by atoms with Crippen LogP contribution in [0.1, 0.15) is 17.3 Å². The third kappa shape index (κ3) is 1.88. The van der Waals surface area contributed by atoms with Gasteiger partial charge in [0.05, 0.1) is 5.56 Å². The number of hydrogen-bond donors (Lipinski definition) is 2. The molecule has 4 nitrogen and oxygen atoms in total. The minimum Gasteiger partial charge on any atom is -0.463 e. The van der Waals surface area contributed by atoms with E-state index in [1.54, 1.807) is 0 Å². The molecule has 3 rings (SSSR count). The summed E-state index contributed by atoms with van der Waals surface area (Å²) in [6, 6.07) is 7.78. The van der Waals surface area contributed by atoms with Crippen LogP contribution in [0, 0.1) is 5.92 Å². The highest BCUT2D eigenvalue weighted by Crippen LogP contribution is 2.21. The Hall–Kier alpha value is -1.81. The van der Waals surface area contributed by atoms with Crippen molar-refractivity contribution in [3.05, 3.63) is 36.1 Å². The van der Waals surface area contributed by atoms with Crippen LogP contribution in [0.3, 0.4) is 0 Å². The summed E-state index contributed by atoms with van der Waals surface area (Å²) in [5, 5.41) is 7.20. The molecule has 1 aromatic heterocycles. The van der Waals surface area contributed by atoms with Crippen LogP contribution in [0.15, 0.2) is 34.9 Å². The maximum absolute atomic E-state index is 12.2. The van der Waals surface area contributed by atoms with Gasteiger partial charge >= 0.3 is 0 Å². The highest BCUT2D eigenvalue weighted by molar-refractivity contribution is 6.06. The van der Waals surface area contributed by atoms with Gasteiger partial charge in [-0.05, 0) is 18.5 Å². The first-order valence-corrected chi connectivity index (χ1v) is 6.23. The Labute approximate surface area is 105 Å². The summed E-state index contributed by atoms with van der Waals surface area (Å²) >= 11 is 0. The number of furan rings is 1. The summed E-state index contributed by atoms with van der Waals surface area (Å²) in [7, 11) is 0. The van der Waals surface area contributed by atoms with Crippen LogP contribution >= 0.6 is 0 Å². The zero-order chi connectivity index (χ0) is 12.5. The fourth-order valence-corrected chi connectivity index (χ4v) is 2.40. The van der Waals surface area contributed by atoms with Crippen molar-refractivity contribution in [1.29, 1.82) is 0 Å². The fourth-order valence-electron chi connectivity index (χ4n) is 2.40. The first kappa shape index (κ1) is 11.3. The molecule has 1 aromatic carbocycles. The number of carbonyl (C=O) groups excluding carboxylic acids is 1. The topological polar surface area (TPSA) is 54.3 Å². The lowest BCUT2D eigenvalue weighted by Gasteiger charge is -2.15. The lowest BCUT2D eigenvalue weighted by atomic mass is 10.1. The first-order valence-electron chi connectivity index (χ1n) is 6.23. The van der Waals surface area contributed by atoms with Crippen LogP contribution < -0.4 is 10.6 Å². The van der Waals surface area contributed by atoms with E-state index >= 15 is 0 Å². The Morgan fingerprint density at radius 2 is 2.22 bits per heavy atom. The molecule has 1 fully saturated rings. The summed E-state index contributed by atoms with van der Waals surface area (Å²) in [5.41, 5.74) is 1.37. The molecule has 2 aromatic rings. The second-order valence-electron chi connectivity index (χ2n) is 4.86. The number of hydrogen-bond acceptors (Lipinski definition) is 3. The van der Waals surface area contributed by atoms with Gasteiger partial charge in [0.25, 0.3) is 5.91 Å². The third-order valence-electron chi connectivity index (χ3n) is 3.56. The second kappa shape index (κ2) is 4.46. The van der Waals surface area contributed by atoms with Gasteiger partial charge in [-0.1, -0.05) is 25.1 Å². The zero-order valence-electron chi connectivity index (χ0n) is 10.3. The van der Waals surface area contributed by atoms with Crippen molar-refractivity contribution < 1.29 is 9.21 Å². The number of benzene rings is 1. The van der Waals surface area contributed by atoms with Gasteiger partial charge in [-0.25, -0.2) is 0 Å². The Kier molecular flexibility index (Phi) is 2.80. The van der Waals surface area contributed by atoms with Crippen LogP contribution in [0.5, 0.6) is 0 Å². The molecule has 1 aliphatic rings. The molecule has 0 saturated carbocycles. The maximum atomic E-state index is 12.2. The summed E-state index contributed by atoms with van der Waals surface area (Å²) in [5.74, 6) is 0.410. The molecule has 0 aliphatic carbocycles. The van der Waals surface area contributed by atoms with Crippen LogP contribution in [0.25, 0.3) is 11.0 Å². The molecule has 0 spiro atoms. The molecule has 2 unspecified atom stereocenters. The van der Waals surface area contributed by atoms with Gasteiger partial charge < -0.3 is 15.1 Å². The van der Waals surface area contributed by atoms with Gasteiger partial charge in [0.2, 0.25) is 0 Å². The van der Waals surface area contributed by atoms with Gasteiger partial charge in [-0.15, -0.1) is 0 Å². The maximum Gasteiger partial charge on any atom is 0.255 e. The van der Waals surface area contributed by atoms with Crippen LogP contribution in [0.2, 0.25) is 0 Å². The number of fused-ring (bicyclic) bond motifs is 1. The van der Waals surface area contributed by atoms with Gasteiger partial charge in [0, 0.05) is 18.0 Å². The summed E-state index contributed by atoms with van der Waals surface area (Å²) in [6.07, 6.45) is 1.53. The van der Waals surface area contributed by atoms with Crippen LogP contribution in [-0.2, 0) is 0 Å². The molecule has 2 atom stereocenters. The highest BCUT2D eigenvalue weighted by Gasteiger charge is 2.25. The Morgan fingerprint density at radius 1 is 1.39 bits per heavy atom. The van der Waals surface area contributed by atoms with Crippen LogP contribution in [-0.4, -0.2) is 25.0 Å². The average molecular weight is 244 g/mol. The predicted molar refractivity (Wildman–Crippen MR) is 69.5 cm³/mol. The fraction of sp³-hybridized carbons (Fsp3) is 0.357. The monoisotopic (exact) mass is 244 g/mol. The van der Waals surface area contributed by atoms with E-state index in [1.165, 1.54) is 6.26 Å². The second-order valence-corrected chi connectivity index (χ2v) is 4.86. The van der Waals surface area contributed by atoms with E-state index in [9.17, 15) is 4.79 Å². The van der Waals surface area contributed by atoms with E-state index in [-0.39, 0.29) is 11.9 Å². The van der Waals surface area contributed by atoms with Crippen molar-refractivity contribution in [3.8, 4) is 0 Å². The van der Waals surface area contributed by atoms with Gasteiger partial charge in [0.15, 0.2) is 0 Å². The van der Waals surface area contributed by atoms with E-state index in [0.29, 0.717) is 11.5 Å². The largest absolute Gasteiger partial charge is 0.463 e. The summed E-state index contributed by atoms with van der Waals surface area (Å²) in [6.45, 7) is 3.93. The molecule has 2 N–H and O–H groups in total. The molecule has 1 aliphatic heterocycles. The number of nitrogens with one attached hydrogen (secondary N) is 2. The van der Waals surface area contributed by atoms with Crippen molar-refractivity contribution in [2.45, 2.75) is 13.0 Å². The summed E-state index contributed by atoms with van der Waals surface area (Å²) in [4.78, 5) is 12.2. The van der Waals surface area contributed by atoms with Gasteiger partial charge in [-0.2, -0.15) is 0 Å². The molecular formula is C14H16N2O2. The normalized spacial score (nSPS) is 23.4. The van der Waals surface area contributed by atoms with E-state index in [2.05, 4.69) is 17.6 Å². The van der Waals surface area contributed by atoms with Crippen molar-refractivity contribution in [3.63, 3.8) is 0 Å². The number of rotatable bonds is 2. The average Bonchev–Trinajstić information content (AvgIpc) is 2.96. The van der Waals surface area contributed by atoms with E-state index < -0.39 is 0 Å². The van der Waals surface area contributed by atoms with Crippen molar-refractivity contribution in [1.82, 2.24) is 10.6 Å². The quantitative estimate of drug-likeness (QED) is 0.846. The first-order chi connectivity index (χ1) is 8.75. The Morgan fingerprint density at radius 3 is 3.00 bits per heavy atom. The number of para-hydroxylation sites is 1. The number of carbonyl (C=O) groups is 1. The SMILES string of the molecule is CC1CNCC1NC(=O)c1coc2ccccc12. The Balaban J connectivity index is 1.84. The molecule has 18 heavy (non-hydrogen) atoms. The standard InChI is InChI=1S/C14H16N2O2/c1-9-6-15-7-12(9)16-14(17)11-8-18-13-5-3-2-4-10(11)13/h2-5,8-9,12,15H,6-7H2,1H3,(H,16,17). The molecule has 1 saturated heterocycles. The van der Waals surface area contributed by atoms with E-state index in [0.717, 1.165) is 24.1 Å². The van der Waals surface area contributed by atoms with E-state index in [4.69, 9.17) is 4.42 Å². The molecule has 0 bridgehead atoms. The van der Waals surface area contributed by atoms with Gasteiger partial charge in [-0.3, -0.25) is 4.79 Å². The van der Waals surface area contributed by atoms with Crippen LogP contribution in [0.4, 0.5) is 0 Å². The predicted octanol–water partition coefficient (Wildman–Crippen LogP) is 1.77. The minimum absolute atomic E-state index is 0.0551. The lowest BCUT2D eigenvalue weighted by Crippen LogP contribution is -2.39. The van der Waals surface area contributed by atoms with Gasteiger partial charge in [0.1, 0.15) is 11.8 Å². The molecule has 94 valence electrons. The zero-order valence-corrected chi connectivity index (χ0v) is 10.3. The van der Waals surface area contributed by atoms with Crippen molar-refractivity contribution >= 4 is 16.9 Å². The highest BCUT2D eigenvalue weighted by atomic mass is 16.3. The molecule has 2 heterocycles. The summed E-state index contributed by atoms with van der Waals surface area (Å²) < 4.78 is 5.39. The number of amides is 1. The lowest BCUT2D eigenvalue weighted by molar-refractivity contribution is 0.0933. The smallest absolute Gasteiger partial charge is 0.255 e. The molecule has 0 radical (unpaired) electrons. The van der Waals surface area contributed by atoms with Crippen molar-refractivity contribution in [2.75, 3.05) is 13.1 Å². The van der Waals surface area contributed by atoms with Crippen molar-refractivity contribution in [2.24, 2.45) is 5.92 Å². The van der Waals surface area contributed by atoms with E-state index in [1.807, 2.05) is 24.3 Å². The Bertz CT molecular complexity index is 576.